The minimum absolute atomic E-state index is 0.0807. The number of hydrogen-bond donors (Lipinski definition) is 4. The number of halogens is 1. The molecule has 0 unspecified atom stereocenters. The van der Waals surface area contributed by atoms with E-state index in [4.69, 9.17) is 19.8 Å². The summed E-state index contributed by atoms with van der Waals surface area (Å²) in [5.41, 5.74) is 1.30. The van der Waals surface area contributed by atoms with Crippen LogP contribution in [0.4, 0.5) is 10.3 Å². The molecule has 1 aliphatic heterocycles. The van der Waals surface area contributed by atoms with E-state index in [1.165, 1.54) is 12.1 Å². The Morgan fingerprint density at radius 1 is 1.25 bits per heavy atom. The summed E-state index contributed by atoms with van der Waals surface area (Å²) in [5.74, 6) is 0.0536. The number of aliphatic hydroxyl groups excluding tert-OH is 1. The van der Waals surface area contributed by atoms with Gasteiger partial charge in [-0.3, -0.25) is 4.79 Å². The molecular weight excluding hydrogens is 469 g/mol. The van der Waals surface area contributed by atoms with Crippen molar-refractivity contribution >= 4 is 11.9 Å². The highest BCUT2D eigenvalue weighted by atomic mass is 19.1. The number of anilines is 1. The molecule has 11 nitrogen and oxygen atoms in total. The Labute approximate surface area is 206 Å². The fraction of sp³-hybridized carbons (Fsp3) is 0.375. The minimum Gasteiger partial charge on any atom is -0.395 e. The van der Waals surface area contributed by atoms with Crippen molar-refractivity contribution in [2.45, 2.75) is 19.6 Å². The van der Waals surface area contributed by atoms with Crippen LogP contribution < -0.4 is 10.6 Å². The van der Waals surface area contributed by atoms with Gasteiger partial charge >= 0.3 is 0 Å². The lowest BCUT2D eigenvalue weighted by Gasteiger charge is -2.35. The maximum absolute atomic E-state index is 13.6. The van der Waals surface area contributed by atoms with Gasteiger partial charge in [0.15, 0.2) is 5.82 Å². The standard InChI is InChI=1S/C24H26FN7O4/c1-24(22(34)27-11-12-33)13-35-21(36-14-24)20-31-18(15-3-5-16(25)6-4-15)19(32-20)17-7-10-29-23(30-17)28-9-2-8-26/h3-7,10,21,33H,2,9,11-14H2,1H3,(H,27,34)(H,31,32)(H,28,29,30). The first-order valence-corrected chi connectivity index (χ1v) is 11.4. The van der Waals surface area contributed by atoms with Crippen LogP contribution in [0.5, 0.6) is 0 Å². The highest BCUT2D eigenvalue weighted by molar-refractivity contribution is 5.82. The Morgan fingerprint density at radius 3 is 2.69 bits per heavy atom. The average Bonchev–Trinajstić information content (AvgIpc) is 3.34. The lowest BCUT2D eigenvalue weighted by Crippen LogP contribution is -2.49. The number of benzene rings is 1. The van der Waals surface area contributed by atoms with E-state index < -0.39 is 11.7 Å². The predicted octanol–water partition coefficient (Wildman–Crippen LogP) is 2.16. The monoisotopic (exact) mass is 495 g/mol. The van der Waals surface area contributed by atoms with Gasteiger partial charge in [0.05, 0.1) is 54.8 Å². The van der Waals surface area contributed by atoms with E-state index in [-0.39, 0.29) is 38.1 Å². The van der Waals surface area contributed by atoms with Crippen molar-refractivity contribution in [3.8, 4) is 28.7 Å². The van der Waals surface area contributed by atoms with Crippen LogP contribution in [0.3, 0.4) is 0 Å². The number of nitrogens with zero attached hydrogens (tertiary/aromatic N) is 4. The normalized spacial score (nSPS) is 19.4. The Bertz CT molecular complexity index is 1230. The summed E-state index contributed by atoms with van der Waals surface area (Å²) in [4.78, 5) is 29.0. The van der Waals surface area contributed by atoms with Gasteiger partial charge in [-0.05, 0) is 37.3 Å². The fourth-order valence-corrected chi connectivity index (χ4v) is 3.60. The summed E-state index contributed by atoms with van der Waals surface area (Å²) >= 11 is 0. The second-order valence-electron chi connectivity index (χ2n) is 8.45. The molecule has 4 N–H and O–H groups in total. The van der Waals surface area contributed by atoms with Crippen LogP contribution in [0.15, 0.2) is 36.5 Å². The van der Waals surface area contributed by atoms with Gasteiger partial charge in [0.25, 0.3) is 0 Å². The average molecular weight is 496 g/mol. The molecule has 3 aromatic rings. The number of nitrogens with one attached hydrogen (secondary N) is 3. The molecule has 1 amide bonds. The maximum atomic E-state index is 13.6. The van der Waals surface area contributed by atoms with Crippen LogP contribution in [0.25, 0.3) is 22.6 Å². The van der Waals surface area contributed by atoms with Gasteiger partial charge in [-0.15, -0.1) is 0 Å². The number of aromatic nitrogens is 4. The summed E-state index contributed by atoms with van der Waals surface area (Å²) in [7, 11) is 0. The molecule has 0 radical (unpaired) electrons. The summed E-state index contributed by atoms with van der Waals surface area (Å²) in [6.07, 6.45) is 1.01. The Kier molecular flexibility index (Phi) is 7.84. The number of carbonyl (C=O) groups excluding carboxylic acids is 1. The first-order chi connectivity index (χ1) is 17.4. The first kappa shape index (κ1) is 25.2. The largest absolute Gasteiger partial charge is 0.395 e. The third-order valence-electron chi connectivity index (χ3n) is 5.55. The smallest absolute Gasteiger partial charge is 0.230 e. The molecule has 0 bridgehead atoms. The molecule has 1 saturated heterocycles. The van der Waals surface area contributed by atoms with Crippen LogP contribution in [0.2, 0.25) is 0 Å². The van der Waals surface area contributed by atoms with Gasteiger partial charge in [-0.2, -0.15) is 5.26 Å². The van der Waals surface area contributed by atoms with Crippen molar-refractivity contribution in [1.29, 1.82) is 5.26 Å². The number of hydrogen-bond acceptors (Lipinski definition) is 9. The third kappa shape index (κ3) is 5.65. The number of H-pyrrole nitrogens is 1. The molecule has 188 valence electrons. The van der Waals surface area contributed by atoms with Gasteiger partial charge in [0.2, 0.25) is 18.1 Å². The van der Waals surface area contributed by atoms with Crippen LogP contribution >= 0.6 is 0 Å². The lowest BCUT2D eigenvalue weighted by molar-refractivity contribution is -0.231. The van der Waals surface area contributed by atoms with Gasteiger partial charge in [-0.1, -0.05) is 0 Å². The van der Waals surface area contributed by atoms with Gasteiger partial charge < -0.3 is 30.2 Å². The van der Waals surface area contributed by atoms with Crippen LogP contribution in [0, 0.1) is 22.6 Å². The molecule has 12 heteroatoms. The predicted molar refractivity (Wildman–Crippen MR) is 127 cm³/mol. The van der Waals surface area contributed by atoms with E-state index in [0.29, 0.717) is 47.4 Å². The fourth-order valence-electron chi connectivity index (χ4n) is 3.60. The summed E-state index contributed by atoms with van der Waals surface area (Å²) in [6.45, 7) is 2.26. The number of imidazole rings is 1. The van der Waals surface area contributed by atoms with E-state index in [1.807, 2.05) is 0 Å². The Hall–Kier alpha value is -3.92. The van der Waals surface area contributed by atoms with Crippen molar-refractivity contribution in [2.75, 3.05) is 38.2 Å². The summed E-state index contributed by atoms with van der Waals surface area (Å²) in [5, 5.41) is 23.3. The molecule has 3 heterocycles. The van der Waals surface area contributed by atoms with Crippen LogP contribution in [-0.2, 0) is 14.3 Å². The molecule has 1 aliphatic rings. The van der Waals surface area contributed by atoms with Crippen LogP contribution in [0.1, 0.15) is 25.5 Å². The topological polar surface area (TPSA) is 158 Å². The van der Waals surface area contributed by atoms with Crippen molar-refractivity contribution in [2.24, 2.45) is 5.41 Å². The number of carbonyl (C=O) groups is 1. The summed E-state index contributed by atoms with van der Waals surface area (Å²) < 4.78 is 25.3. The highest BCUT2D eigenvalue weighted by Gasteiger charge is 2.40. The Morgan fingerprint density at radius 2 is 2.00 bits per heavy atom. The second kappa shape index (κ2) is 11.2. The first-order valence-electron chi connectivity index (χ1n) is 11.4. The highest BCUT2D eigenvalue weighted by Crippen LogP contribution is 2.35. The molecule has 36 heavy (non-hydrogen) atoms. The van der Waals surface area contributed by atoms with E-state index >= 15 is 0 Å². The quantitative estimate of drug-likeness (QED) is 0.326. The molecular formula is C24H26FN7O4. The van der Waals surface area contributed by atoms with Gasteiger partial charge in [-0.25, -0.2) is 19.3 Å². The van der Waals surface area contributed by atoms with Crippen molar-refractivity contribution in [3.63, 3.8) is 0 Å². The number of amides is 1. The zero-order chi connectivity index (χ0) is 25.5. The zero-order valence-corrected chi connectivity index (χ0v) is 19.6. The lowest BCUT2D eigenvalue weighted by atomic mass is 9.91. The van der Waals surface area contributed by atoms with E-state index in [9.17, 15) is 9.18 Å². The zero-order valence-electron chi connectivity index (χ0n) is 19.6. The molecule has 2 aromatic heterocycles. The van der Waals surface area contributed by atoms with Gasteiger partial charge in [0.1, 0.15) is 5.82 Å². The molecule has 0 saturated carbocycles. The molecule has 1 aromatic carbocycles. The number of ether oxygens (including phenoxy) is 2. The summed E-state index contributed by atoms with van der Waals surface area (Å²) in [6, 6.07) is 9.65. The molecule has 4 rings (SSSR count). The van der Waals surface area contributed by atoms with E-state index in [1.54, 1.807) is 31.3 Å². The number of aromatic amines is 1. The van der Waals surface area contributed by atoms with Crippen molar-refractivity contribution in [1.82, 2.24) is 25.3 Å². The third-order valence-corrected chi connectivity index (χ3v) is 5.55. The maximum Gasteiger partial charge on any atom is 0.230 e. The molecule has 0 aliphatic carbocycles. The molecule has 0 atom stereocenters. The van der Waals surface area contributed by atoms with E-state index in [0.717, 1.165) is 0 Å². The van der Waals surface area contributed by atoms with E-state index in [2.05, 4.69) is 36.6 Å². The van der Waals surface area contributed by atoms with Crippen molar-refractivity contribution in [3.05, 3.63) is 48.2 Å². The SMILES string of the molecule is CC1(C(=O)NCCO)COC(c2nc(-c3ccc(F)cc3)c(-c3ccnc(NCCC#N)n3)[nH]2)OC1. The minimum atomic E-state index is -0.919. The number of aliphatic hydroxyl groups is 1. The van der Waals surface area contributed by atoms with Crippen LogP contribution in [-0.4, -0.2) is 63.9 Å². The number of rotatable bonds is 9. The number of nitriles is 1. The molecule has 0 spiro atoms. The van der Waals surface area contributed by atoms with Gasteiger partial charge in [0, 0.05) is 24.8 Å². The Balaban J connectivity index is 1.62. The molecule has 1 fully saturated rings. The second-order valence-corrected chi connectivity index (χ2v) is 8.45. The van der Waals surface area contributed by atoms with Crippen molar-refractivity contribution < 1.29 is 23.8 Å².